The Kier molecular flexibility index (Phi) is 12.7. The van der Waals surface area contributed by atoms with Gasteiger partial charge in [-0.05, 0) is 31.7 Å². The fourth-order valence-electron chi connectivity index (χ4n) is 4.01. The van der Waals surface area contributed by atoms with Crippen LogP contribution in [-0.2, 0) is 14.2 Å². The summed E-state index contributed by atoms with van der Waals surface area (Å²) in [6.07, 6.45) is 3.52. The third-order valence-corrected chi connectivity index (χ3v) is 5.69. The van der Waals surface area contributed by atoms with Crippen molar-refractivity contribution in [2.24, 2.45) is 4.99 Å². The van der Waals surface area contributed by atoms with Crippen molar-refractivity contribution in [3.8, 4) is 0 Å². The van der Waals surface area contributed by atoms with Gasteiger partial charge in [-0.15, -0.1) is 24.0 Å². The molecule has 7 nitrogen and oxygen atoms in total. The molecule has 176 valence electrons. The maximum absolute atomic E-state index is 5.74. The van der Waals surface area contributed by atoms with Gasteiger partial charge in [0.2, 0.25) is 0 Å². The molecule has 2 aliphatic rings. The van der Waals surface area contributed by atoms with E-state index in [-0.39, 0.29) is 24.0 Å². The molecule has 0 spiro atoms. The summed E-state index contributed by atoms with van der Waals surface area (Å²) in [7, 11) is 1.82. The summed E-state index contributed by atoms with van der Waals surface area (Å²) >= 11 is 0. The van der Waals surface area contributed by atoms with Crippen molar-refractivity contribution in [3.63, 3.8) is 0 Å². The molecule has 2 heterocycles. The summed E-state index contributed by atoms with van der Waals surface area (Å²) in [5, 5.41) is 6.92. The minimum absolute atomic E-state index is 0. The van der Waals surface area contributed by atoms with Gasteiger partial charge in [0.1, 0.15) is 0 Å². The van der Waals surface area contributed by atoms with Gasteiger partial charge >= 0.3 is 0 Å². The van der Waals surface area contributed by atoms with Crippen LogP contribution in [0.15, 0.2) is 29.3 Å². The third kappa shape index (κ3) is 9.21. The van der Waals surface area contributed by atoms with Gasteiger partial charge in [0.25, 0.3) is 0 Å². The van der Waals surface area contributed by atoms with Crippen molar-refractivity contribution in [2.75, 3.05) is 66.3 Å². The van der Waals surface area contributed by atoms with Crippen molar-refractivity contribution >= 4 is 29.9 Å². The number of hydrogen-bond donors (Lipinski definition) is 2. The van der Waals surface area contributed by atoms with Gasteiger partial charge in [0, 0.05) is 46.4 Å². The van der Waals surface area contributed by atoms with Crippen molar-refractivity contribution in [1.82, 2.24) is 15.5 Å². The molecule has 2 N–H and O–H groups in total. The molecule has 0 saturated carbocycles. The zero-order chi connectivity index (χ0) is 21.0. The van der Waals surface area contributed by atoms with Crippen LogP contribution in [0.4, 0.5) is 0 Å². The number of nitrogens with one attached hydrogen (secondary N) is 2. The maximum Gasteiger partial charge on any atom is 0.191 e. The third-order valence-electron chi connectivity index (χ3n) is 5.69. The largest absolute Gasteiger partial charge is 0.379 e. The number of hydrogen-bond acceptors (Lipinski definition) is 5. The lowest BCUT2D eigenvalue weighted by Gasteiger charge is -2.35. The molecule has 3 rings (SSSR count). The first-order valence-electron chi connectivity index (χ1n) is 11.3. The molecule has 2 aliphatic heterocycles. The van der Waals surface area contributed by atoms with E-state index in [1.54, 1.807) is 0 Å². The summed E-state index contributed by atoms with van der Waals surface area (Å²) in [4.78, 5) is 6.89. The Bertz CT molecular complexity index is 649. The number of guanidine groups is 1. The number of aliphatic imine (C=N–C) groups is 1. The normalized spacial score (nSPS) is 20.8. The molecule has 1 aromatic rings. The van der Waals surface area contributed by atoms with Crippen LogP contribution in [0, 0.1) is 6.92 Å². The van der Waals surface area contributed by atoms with Gasteiger partial charge in [-0.3, -0.25) is 9.89 Å². The maximum atomic E-state index is 5.74. The topological polar surface area (TPSA) is 67.4 Å². The molecule has 0 bridgehead atoms. The Labute approximate surface area is 204 Å². The van der Waals surface area contributed by atoms with Crippen LogP contribution in [0.2, 0.25) is 0 Å². The molecule has 0 amide bonds. The number of ether oxygens (including phenoxy) is 3. The van der Waals surface area contributed by atoms with E-state index in [1.165, 1.54) is 11.1 Å². The predicted octanol–water partition coefficient (Wildman–Crippen LogP) is 2.74. The lowest BCUT2D eigenvalue weighted by Crippen LogP contribution is -2.46. The summed E-state index contributed by atoms with van der Waals surface area (Å²) in [5.41, 5.74) is 2.62. The molecule has 31 heavy (non-hydrogen) atoms. The summed E-state index contributed by atoms with van der Waals surface area (Å²) in [6.45, 7) is 9.61. The second kappa shape index (κ2) is 15.0. The molecular formula is C23H39IN4O3. The Morgan fingerprint density at radius 1 is 1.26 bits per heavy atom. The van der Waals surface area contributed by atoms with E-state index in [4.69, 9.17) is 14.2 Å². The highest BCUT2D eigenvalue weighted by Gasteiger charge is 2.23. The number of halogens is 1. The standard InChI is InChI=1S/C23H38N4O3.HI/c1-19-6-3-7-20(16-19)22(27-10-14-28-15-11-27)17-26-23(24-2)25-9-5-12-29-18-21-8-4-13-30-21;/h3,6-7,16,21-22H,4-5,8-15,17-18H2,1-2H3,(H2,24,25,26);1H. The van der Waals surface area contributed by atoms with Crippen LogP contribution >= 0.6 is 24.0 Å². The SMILES string of the molecule is CN=C(NCCCOCC1CCCO1)NCC(c1cccc(C)c1)N1CCOCC1.I. The van der Waals surface area contributed by atoms with E-state index < -0.39 is 0 Å². The number of benzene rings is 1. The molecular weight excluding hydrogens is 507 g/mol. The fraction of sp³-hybridized carbons (Fsp3) is 0.696. The zero-order valence-electron chi connectivity index (χ0n) is 19.0. The Hall–Kier alpha value is -0.940. The first kappa shape index (κ1) is 26.3. The van der Waals surface area contributed by atoms with Crippen molar-refractivity contribution in [3.05, 3.63) is 35.4 Å². The van der Waals surface area contributed by atoms with Gasteiger partial charge in [0.15, 0.2) is 5.96 Å². The zero-order valence-corrected chi connectivity index (χ0v) is 21.3. The lowest BCUT2D eigenvalue weighted by atomic mass is 10.0. The minimum Gasteiger partial charge on any atom is -0.379 e. The smallest absolute Gasteiger partial charge is 0.191 e. The number of aryl methyl sites for hydroxylation is 1. The minimum atomic E-state index is 0. The van der Waals surface area contributed by atoms with Gasteiger partial charge in [-0.2, -0.15) is 0 Å². The molecule has 0 aromatic heterocycles. The highest BCUT2D eigenvalue weighted by Crippen LogP contribution is 2.22. The number of nitrogens with zero attached hydrogens (tertiary/aromatic N) is 2. The van der Waals surface area contributed by atoms with E-state index >= 15 is 0 Å². The number of rotatable bonds is 10. The van der Waals surface area contributed by atoms with E-state index in [2.05, 4.69) is 51.7 Å². The van der Waals surface area contributed by atoms with Crippen molar-refractivity contribution in [1.29, 1.82) is 0 Å². The fourth-order valence-corrected chi connectivity index (χ4v) is 4.01. The lowest BCUT2D eigenvalue weighted by molar-refractivity contribution is 0.0165. The highest BCUT2D eigenvalue weighted by atomic mass is 127. The quantitative estimate of drug-likeness (QED) is 0.204. The van der Waals surface area contributed by atoms with Gasteiger partial charge in [0.05, 0.1) is 32.0 Å². The Morgan fingerprint density at radius 2 is 2.10 bits per heavy atom. The molecule has 1 aromatic carbocycles. The van der Waals surface area contributed by atoms with Crippen LogP contribution in [0.1, 0.15) is 36.4 Å². The Balaban J connectivity index is 0.00000341. The molecule has 2 unspecified atom stereocenters. The van der Waals surface area contributed by atoms with E-state index in [0.29, 0.717) is 18.8 Å². The first-order valence-corrected chi connectivity index (χ1v) is 11.3. The summed E-state index contributed by atoms with van der Waals surface area (Å²) in [5.74, 6) is 0.833. The second-order valence-corrected chi connectivity index (χ2v) is 8.02. The van der Waals surface area contributed by atoms with Crippen LogP contribution in [0.25, 0.3) is 0 Å². The van der Waals surface area contributed by atoms with Crippen LogP contribution in [-0.4, -0.2) is 83.2 Å². The van der Waals surface area contributed by atoms with E-state index in [0.717, 1.165) is 77.8 Å². The Morgan fingerprint density at radius 3 is 2.81 bits per heavy atom. The average molecular weight is 546 g/mol. The van der Waals surface area contributed by atoms with Crippen molar-refractivity contribution < 1.29 is 14.2 Å². The van der Waals surface area contributed by atoms with E-state index in [9.17, 15) is 0 Å². The molecule has 0 aliphatic carbocycles. The second-order valence-electron chi connectivity index (χ2n) is 8.02. The monoisotopic (exact) mass is 546 g/mol. The van der Waals surface area contributed by atoms with Crippen LogP contribution < -0.4 is 10.6 Å². The highest BCUT2D eigenvalue weighted by molar-refractivity contribution is 14.0. The molecule has 2 fully saturated rings. The molecule has 0 radical (unpaired) electrons. The molecule has 8 heteroatoms. The van der Waals surface area contributed by atoms with Gasteiger partial charge in [-0.25, -0.2) is 0 Å². The average Bonchev–Trinajstić information content (AvgIpc) is 3.29. The van der Waals surface area contributed by atoms with E-state index in [1.807, 2.05) is 7.05 Å². The number of morpholine rings is 1. The summed E-state index contributed by atoms with van der Waals surface area (Å²) in [6, 6.07) is 9.08. The molecule has 2 saturated heterocycles. The van der Waals surface area contributed by atoms with Crippen LogP contribution in [0.5, 0.6) is 0 Å². The van der Waals surface area contributed by atoms with Gasteiger partial charge < -0.3 is 24.8 Å². The van der Waals surface area contributed by atoms with Gasteiger partial charge in [-0.1, -0.05) is 29.8 Å². The first-order chi connectivity index (χ1) is 14.8. The van der Waals surface area contributed by atoms with Crippen LogP contribution in [0.3, 0.4) is 0 Å². The predicted molar refractivity (Wildman–Crippen MR) is 136 cm³/mol. The summed E-state index contributed by atoms with van der Waals surface area (Å²) < 4.78 is 16.9. The molecule has 2 atom stereocenters. The van der Waals surface area contributed by atoms with Crippen molar-refractivity contribution in [2.45, 2.75) is 38.3 Å².